The number of carbonyl (C=O) groups excluding carboxylic acids is 2. The summed E-state index contributed by atoms with van der Waals surface area (Å²) in [5.74, 6) is 1.19. The monoisotopic (exact) mass is 534 g/mol. The van der Waals surface area contributed by atoms with Gasteiger partial charge in [-0.2, -0.15) is 0 Å². The molecular weight excluding hydrogens is 500 g/mol. The van der Waals surface area contributed by atoms with Crippen LogP contribution in [0.15, 0.2) is 72.8 Å². The third kappa shape index (κ3) is 7.75. The highest BCUT2D eigenvalue weighted by molar-refractivity contribution is 6.30. The molecular formula is C31H35ClN2O4. The van der Waals surface area contributed by atoms with Crippen molar-refractivity contribution < 1.29 is 19.1 Å². The summed E-state index contributed by atoms with van der Waals surface area (Å²) < 4.78 is 11.3. The van der Waals surface area contributed by atoms with Crippen LogP contribution in [0.1, 0.15) is 42.9 Å². The second kappa shape index (κ2) is 13.9. The van der Waals surface area contributed by atoms with Crippen LogP contribution in [0.4, 0.5) is 0 Å². The Morgan fingerprint density at radius 1 is 0.921 bits per heavy atom. The van der Waals surface area contributed by atoms with E-state index in [0.29, 0.717) is 49.9 Å². The zero-order chi connectivity index (χ0) is 26.7. The van der Waals surface area contributed by atoms with Crippen LogP contribution in [-0.2, 0) is 29.0 Å². The molecule has 0 bridgehead atoms. The number of ether oxygens (including phenoxy) is 2. The predicted octanol–water partition coefficient (Wildman–Crippen LogP) is 5.60. The van der Waals surface area contributed by atoms with Gasteiger partial charge in [0, 0.05) is 31.0 Å². The van der Waals surface area contributed by atoms with Crippen LogP contribution in [0.25, 0.3) is 0 Å². The maximum atomic E-state index is 13.8. The first kappa shape index (κ1) is 27.5. The number of nitrogens with one attached hydrogen (secondary N) is 1. The molecule has 1 heterocycles. The highest BCUT2D eigenvalue weighted by atomic mass is 35.5. The van der Waals surface area contributed by atoms with E-state index >= 15 is 0 Å². The first-order valence-electron chi connectivity index (χ1n) is 13.3. The van der Waals surface area contributed by atoms with Crippen molar-refractivity contribution in [3.63, 3.8) is 0 Å². The second-order valence-corrected chi connectivity index (χ2v) is 9.92. The van der Waals surface area contributed by atoms with Crippen LogP contribution >= 0.6 is 11.6 Å². The molecule has 7 heteroatoms. The van der Waals surface area contributed by atoms with Crippen molar-refractivity contribution in [2.75, 3.05) is 19.8 Å². The van der Waals surface area contributed by atoms with Gasteiger partial charge in [-0.1, -0.05) is 73.5 Å². The maximum absolute atomic E-state index is 13.8. The van der Waals surface area contributed by atoms with Gasteiger partial charge in [0.05, 0.1) is 0 Å². The van der Waals surface area contributed by atoms with Gasteiger partial charge in [0.15, 0.2) is 11.5 Å². The molecule has 2 amide bonds. The van der Waals surface area contributed by atoms with E-state index in [1.807, 2.05) is 66.7 Å². The molecule has 0 saturated carbocycles. The van der Waals surface area contributed by atoms with Gasteiger partial charge in [-0.15, -0.1) is 0 Å². The molecule has 1 aliphatic heterocycles. The van der Waals surface area contributed by atoms with Gasteiger partial charge >= 0.3 is 0 Å². The van der Waals surface area contributed by atoms with Gasteiger partial charge in [0.2, 0.25) is 11.8 Å². The fourth-order valence-electron chi connectivity index (χ4n) is 4.53. The minimum atomic E-state index is -0.652. The Kier molecular flexibility index (Phi) is 10.0. The van der Waals surface area contributed by atoms with Gasteiger partial charge in [0.1, 0.15) is 19.3 Å². The third-order valence-electron chi connectivity index (χ3n) is 6.58. The van der Waals surface area contributed by atoms with Crippen LogP contribution in [0.2, 0.25) is 5.02 Å². The summed E-state index contributed by atoms with van der Waals surface area (Å²) in [6.07, 6.45) is 3.07. The molecule has 3 aromatic rings. The van der Waals surface area contributed by atoms with Crippen molar-refractivity contribution in [2.24, 2.45) is 0 Å². The highest BCUT2D eigenvalue weighted by Crippen LogP contribution is 2.31. The zero-order valence-electron chi connectivity index (χ0n) is 21.8. The van der Waals surface area contributed by atoms with Gasteiger partial charge in [0.25, 0.3) is 0 Å². The number of unbranched alkanes of at least 4 members (excludes halogenated alkanes) is 1. The molecule has 0 saturated heterocycles. The lowest BCUT2D eigenvalue weighted by atomic mass is 10.0. The number of nitrogens with zero attached hydrogens (tertiary/aromatic N) is 1. The zero-order valence-corrected chi connectivity index (χ0v) is 22.6. The fraction of sp³-hybridized carbons (Fsp3) is 0.355. The molecule has 0 aliphatic carbocycles. The van der Waals surface area contributed by atoms with E-state index in [1.165, 1.54) is 0 Å². The summed E-state index contributed by atoms with van der Waals surface area (Å²) in [6.45, 7) is 4.00. The fourth-order valence-corrected chi connectivity index (χ4v) is 4.74. The van der Waals surface area contributed by atoms with Crippen LogP contribution < -0.4 is 14.8 Å². The summed E-state index contributed by atoms with van der Waals surface area (Å²) in [4.78, 5) is 29.0. The molecule has 0 fully saturated rings. The predicted molar refractivity (Wildman–Crippen MR) is 150 cm³/mol. The van der Waals surface area contributed by atoms with Gasteiger partial charge in [-0.3, -0.25) is 9.59 Å². The quantitative estimate of drug-likeness (QED) is 0.307. The van der Waals surface area contributed by atoms with Crippen molar-refractivity contribution in [2.45, 2.75) is 51.6 Å². The molecule has 0 aromatic heterocycles. The summed E-state index contributed by atoms with van der Waals surface area (Å²) in [6, 6.07) is 22.4. The number of fused-ring (bicyclic) bond motifs is 1. The standard InChI is InChI=1S/C31H35ClN2O4/c1-2-3-16-33-31(36)27(20-23-8-5-4-6-9-23)34(22-25-10-7-11-26(32)19-25)30(35)15-13-24-12-14-28-29(21-24)38-18-17-37-28/h4-12,14,19,21,27H,2-3,13,15-18,20,22H2,1H3,(H,33,36). The number of benzene rings is 3. The Balaban J connectivity index is 1.57. The number of aryl methyl sites for hydroxylation is 1. The average Bonchev–Trinajstić information content (AvgIpc) is 2.94. The van der Waals surface area contributed by atoms with Crippen molar-refractivity contribution >= 4 is 23.4 Å². The SMILES string of the molecule is CCCCNC(=O)C(Cc1ccccc1)N(Cc1cccc(Cl)c1)C(=O)CCc1ccc2c(c1)OCCO2. The minimum Gasteiger partial charge on any atom is -0.486 e. The van der Waals surface area contributed by atoms with Crippen molar-refractivity contribution in [1.29, 1.82) is 0 Å². The van der Waals surface area contributed by atoms with E-state index in [9.17, 15) is 9.59 Å². The lowest BCUT2D eigenvalue weighted by molar-refractivity contribution is -0.141. The first-order valence-corrected chi connectivity index (χ1v) is 13.7. The molecule has 3 aromatic carbocycles. The first-order chi connectivity index (χ1) is 18.5. The molecule has 1 unspecified atom stereocenters. The normalized spacial score (nSPS) is 13.0. The molecule has 0 spiro atoms. The van der Waals surface area contributed by atoms with Gasteiger partial charge in [-0.05, 0) is 53.8 Å². The number of carbonyl (C=O) groups is 2. The largest absolute Gasteiger partial charge is 0.486 e. The Morgan fingerprint density at radius 3 is 2.45 bits per heavy atom. The topological polar surface area (TPSA) is 67.9 Å². The average molecular weight is 535 g/mol. The molecule has 1 atom stereocenters. The van der Waals surface area contributed by atoms with Crippen molar-refractivity contribution in [1.82, 2.24) is 10.2 Å². The van der Waals surface area contributed by atoms with Gasteiger partial charge < -0.3 is 19.7 Å². The molecule has 38 heavy (non-hydrogen) atoms. The Hall–Kier alpha value is -3.51. The van der Waals surface area contributed by atoms with Crippen LogP contribution in [0.3, 0.4) is 0 Å². The molecule has 6 nitrogen and oxygen atoms in total. The van der Waals surface area contributed by atoms with Crippen LogP contribution in [0.5, 0.6) is 11.5 Å². The third-order valence-corrected chi connectivity index (χ3v) is 6.81. The lowest BCUT2D eigenvalue weighted by Gasteiger charge is -2.32. The van der Waals surface area contributed by atoms with Crippen LogP contribution in [-0.4, -0.2) is 42.5 Å². The van der Waals surface area contributed by atoms with E-state index < -0.39 is 6.04 Å². The molecule has 1 N–H and O–H groups in total. The number of hydrogen-bond acceptors (Lipinski definition) is 4. The minimum absolute atomic E-state index is 0.0913. The van der Waals surface area contributed by atoms with E-state index in [-0.39, 0.29) is 18.2 Å². The Labute approximate surface area is 229 Å². The molecule has 4 rings (SSSR count). The Bertz CT molecular complexity index is 1220. The second-order valence-electron chi connectivity index (χ2n) is 9.48. The van der Waals surface area contributed by atoms with Crippen molar-refractivity contribution in [3.8, 4) is 11.5 Å². The maximum Gasteiger partial charge on any atom is 0.243 e. The number of rotatable bonds is 12. The van der Waals surface area contributed by atoms with E-state index in [1.54, 1.807) is 11.0 Å². The Morgan fingerprint density at radius 2 is 1.68 bits per heavy atom. The number of halogens is 1. The summed E-state index contributed by atoms with van der Waals surface area (Å²) in [5.41, 5.74) is 2.86. The van der Waals surface area contributed by atoms with Crippen LogP contribution in [0, 0.1) is 0 Å². The number of hydrogen-bond donors (Lipinski definition) is 1. The summed E-state index contributed by atoms with van der Waals surface area (Å²) in [5, 5.41) is 3.65. The highest BCUT2D eigenvalue weighted by Gasteiger charge is 2.30. The summed E-state index contributed by atoms with van der Waals surface area (Å²) >= 11 is 6.26. The van der Waals surface area contributed by atoms with Gasteiger partial charge in [-0.25, -0.2) is 0 Å². The van der Waals surface area contributed by atoms with E-state index in [2.05, 4.69) is 12.2 Å². The smallest absolute Gasteiger partial charge is 0.243 e. The van der Waals surface area contributed by atoms with E-state index in [0.717, 1.165) is 35.3 Å². The molecule has 1 aliphatic rings. The van der Waals surface area contributed by atoms with Crippen molar-refractivity contribution in [3.05, 3.63) is 94.5 Å². The van der Waals surface area contributed by atoms with E-state index in [4.69, 9.17) is 21.1 Å². The summed E-state index contributed by atoms with van der Waals surface area (Å²) in [7, 11) is 0. The number of amides is 2. The molecule has 200 valence electrons. The molecule has 0 radical (unpaired) electrons. The lowest BCUT2D eigenvalue weighted by Crippen LogP contribution is -2.50.